The van der Waals surface area contributed by atoms with Crippen molar-refractivity contribution < 1.29 is 9.53 Å². The van der Waals surface area contributed by atoms with Crippen molar-refractivity contribution in [3.05, 3.63) is 42.1 Å². The molecule has 0 atom stereocenters. The van der Waals surface area contributed by atoms with E-state index in [0.717, 1.165) is 29.7 Å². The molecule has 0 aliphatic heterocycles. The first-order valence-corrected chi connectivity index (χ1v) is 6.86. The first-order valence-electron chi connectivity index (χ1n) is 6.86. The van der Waals surface area contributed by atoms with Gasteiger partial charge >= 0.3 is 5.97 Å². The Balaban J connectivity index is 2.03. The summed E-state index contributed by atoms with van der Waals surface area (Å²) in [7, 11) is 1.42. The number of hydrogen-bond donors (Lipinski definition) is 0. The predicted octanol–water partition coefficient (Wildman–Crippen LogP) is 2.62. The highest BCUT2D eigenvalue weighted by Gasteiger charge is 2.08. The molecule has 4 nitrogen and oxygen atoms in total. The van der Waals surface area contributed by atoms with Crippen LogP contribution in [0, 0.1) is 0 Å². The quantitative estimate of drug-likeness (QED) is 0.758. The maximum atomic E-state index is 11.2. The molecule has 20 heavy (non-hydrogen) atoms. The van der Waals surface area contributed by atoms with Gasteiger partial charge in [0.15, 0.2) is 0 Å². The average molecular weight is 272 g/mol. The van der Waals surface area contributed by atoms with E-state index in [1.807, 2.05) is 24.3 Å². The first kappa shape index (κ1) is 14.5. The zero-order valence-electron chi connectivity index (χ0n) is 12.0. The van der Waals surface area contributed by atoms with E-state index in [-0.39, 0.29) is 5.97 Å². The molecule has 0 unspecified atom stereocenters. The van der Waals surface area contributed by atoms with E-state index in [0.29, 0.717) is 13.0 Å². The zero-order chi connectivity index (χ0) is 14.4. The Bertz CT molecular complexity index is 583. The number of benzene rings is 1. The van der Waals surface area contributed by atoms with Crippen molar-refractivity contribution in [3.63, 3.8) is 0 Å². The Labute approximate surface area is 119 Å². The van der Waals surface area contributed by atoms with Gasteiger partial charge in [-0.05, 0) is 18.7 Å². The summed E-state index contributed by atoms with van der Waals surface area (Å²) in [5.74, 6) is -0.171. The highest BCUT2D eigenvalue weighted by Crippen LogP contribution is 2.13. The van der Waals surface area contributed by atoms with Gasteiger partial charge in [-0.25, -0.2) is 0 Å². The molecule has 1 aromatic carbocycles. The van der Waals surface area contributed by atoms with Crippen LogP contribution < -0.4 is 0 Å². The molecule has 0 fully saturated rings. The molecular weight excluding hydrogens is 252 g/mol. The number of carbonyl (C=O) groups is 1. The summed E-state index contributed by atoms with van der Waals surface area (Å²) in [5.41, 5.74) is 2.03. The monoisotopic (exact) mass is 272 g/mol. The van der Waals surface area contributed by atoms with Crippen LogP contribution >= 0.6 is 0 Å². The summed E-state index contributed by atoms with van der Waals surface area (Å²) < 4.78 is 4.67. The van der Waals surface area contributed by atoms with Crippen molar-refractivity contribution in [2.24, 2.45) is 0 Å². The number of para-hydroxylation sites is 1. The summed E-state index contributed by atoms with van der Waals surface area (Å²) in [5, 5.41) is 1.15. The van der Waals surface area contributed by atoms with Crippen molar-refractivity contribution >= 4 is 16.9 Å². The van der Waals surface area contributed by atoms with E-state index in [1.165, 1.54) is 7.11 Å². The minimum absolute atomic E-state index is 0.171. The maximum absolute atomic E-state index is 11.2. The number of hydrogen-bond acceptors (Lipinski definition) is 4. The van der Waals surface area contributed by atoms with Gasteiger partial charge in [0.1, 0.15) is 0 Å². The van der Waals surface area contributed by atoms with Crippen LogP contribution in [0.1, 0.15) is 19.0 Å². The standard InChI is InChI=1S/C16H20N2O2/c1-3-18(11-10-16(19)20-2)12-14-9-8-13-6-4-5-7-15(13)17-14/h4-9H,3,10-12H2,1-2H3. The fraction of sp³-hybridized carbons (Fsp3) is 0.375. The largest absolute Gasteiger partial charge is 0.469 e. The lowest BCUT2D eigenvalue weighted by Gasteiger charge is -2.19. The summed E-state index contributed by atoms with van der Waals surface area (Å²) in [6, 6.07) is 12.2. The molecule has 0 N–H and O–H groups in total. The molecule has 0 aliphatic carbocycles. The summed E-state index contributed by atoms with van der Waals surface area (Å²) in [6.45, 7) is 4.40. The van der Waals surface area contributed by atoms with Crippen LogP contribution in [0.4, 0.5) is 0 Å². The Morgan fingerprint density at radius 1 is 1.25 bits per heavy atom. The van der Waals surface area contributed by atoms with Crippen molar-refractivity contribution in [1.82, 2.24) is 9.88 Å². The molecule has 1 aromatic heterocycles. The van der Waals surface area contributed by atoms with E-state index in [1.54, 1.807) is 0 Å². The van der Waals surface area contributed by atoms with Gasteiger partial charge in [0.25, 0.3) is 0 Å². The number of methoxy groups -OCH3 is 1. The fourth-order valence-electron chi connectivity index (χ4n) is 2.13. The van der Waals surface area contributed by atoms with Crippen molar-refractivity contribution in [2.75, 3.05) is 20.2 Å². The van der Waals surface area contributed by atoms with E-state index >= 15 is 0 Å². The Morgan fingerprint density at radius 3 is 2.80 bits per heavy atom. The topological polar surface area (TPSA) is 42.4 Å². The van der Waals surface area contributed by atoms with Gasteiger partial charge in [0.05, 0.1) is 24.7 Å². The lowest BCUT2D eigenvalue weighted by atomic mass is 10.2. The van der Waals surface area contributed by atoms with Crippen LogP contribution in [-0.4, -0.2) is 36.1 Å². The van der Waals surface area contributed by atoms with Gasteiger partial charge < -0.3 is 4.74 Å². The molecule has 2 aromatic rings. The molecule has 0 aliphatic rings. The van der Waals surface area contributed by atoms with Crippen LogP contribution in [-0.2, 0) is 16.1 Å². The molecule has 0 radical (unpaired) electrons. The minimum atomic E-state index is -0.171. The van der Waals surface area contributed by atoms with Crippen molar-refractivity contribution in [2.45, 2.75) is 19.9 Å². The molecule has 1 heterocycles. The lowest BCUT2D eigenvalue weighted by Crippen LogP contribution is -2.26. The smallest absolute Gasteiger partial charge is 0.306 e. The number of fused-ring (bicyclic) bond motifs is 1. The van der Waals surface area contributed by atoms with Gasteiger partial charge in [0, 0.05) is 18.5 Å². The lowest BCUT2D eigenvalue weighted by molar-refractivity contribution is -0.141. The Hall–Kier alpha value is -1.94. The van der Waals surface area contributed by atoms with Gasteiger partial charge in [-0.3, -0.25) is 14.7 Å². The van der Waals surface area contributed by atoms with Crippen LogP contribution in [0.3, 0.4) is 0 Å². The van der Waals surface area contributed by atoms with E-state index in [9.17, 15) is 4.79 Å². The molecule has 0 amide bonds. The molecule has 0 bridgehead atoms. The molecule has 0 spiro atoms. The number of rotatable bonds is 6. The fourth-order valence-corrected chi connectivity index (χ4v) is 2.13. The van der Waals surface area contributed by atoms with Gasteiger partial charge in [0.2, 0.25) is 0 Å². The molecule has 0 saturated heterocycles. The van der Waals surface area contributed by atoms with E-state index in [2.05, 4.69) is 33.7 Å². The van der Waals surface area contributed by atoms with Crippen molar-refractivity contribution in [1.29, 1.82) is 0 Å². The van der Waals surface area contributed by atoms with Crippen LogP contribution in [0.5, 0.6) is 0 Å². The first-order chi connectivity index (χ1) is 9.72. The number of aromatic nitrogens is 1. The summed E-state index contributed by atoms with van der Waals surface area (Å²) in [4.78, 5) is 18.0. The minimum Gasteiger partial charge on any atom is -0.469 e. The number of nitrogens with zero attached hydrogens (tertiary/aromatic N) is 2. The Morgan fingerprint density at radius 2 is 2.05 bits per heavy atom. The van der Waals surface area contributed by atoms with Crippen LogP contribution in [0.15, 0.2) is 36.4 Å². The molecule has 106 valence electrons. The highest BCUT2D eigenvalue weighted by molar-refractivity contribution is 5.78. The third-order valence-electron chi connectivity index (χ3n) is 3.35. The number of esters is 1. The number of pyridine rings is 1. The zero-order valence-corrected chi connectivity index (χ0v) is 12.0. The van der Waals surface area contributed by atoms with E-state index in [4.69, 9.17) is 0 Å². The molecule has 4 heteroatoms. The van der Waals surface area contributed by atoms with Gasteiger partial charge in [-0.1, -0.05) is 31.2 Å². The van der Waals surface area contributed by atoms with Crippen LogP contribution in [0.25, 0.3) is 10.9 Å². The second-order valence-corrected chi connectivity index (χ2v) is 4.69. The van der Waals surface area contributed by atoms with Gasteiger partial charge in [-0.15, -0.1) is 0 Å². The maximum Gasteiger partial charge on any atom is 0.306 e. The van der Waals surface area contributed by atoms with Crippen LogP contribution in [0.2, 0.25) is 0 Å². The highest BCUT2D eigenvalue weighted by atomic mass is 16.5. The number of carbonyl (C=O) groups excluding carboxylic acids is 1. The predicted molar refractivity (Wildman–Crippen MR) is 79.3 cm³/mol. The SMILES string of the molecule is CCN(CCC(=O)OC)Cc1ccc2ccccc2n1. The third kappa shape index (κ3) is 3.78. The summed E-state index contributed by atoms with van der Waals surface area (Å²) >= 11 is 0. The average Bonchev–Trinajstić information content (AvgIpc) is 2.50. The third-order valence-corrected chi connectivity index (χ3v) is 3.35. The molecule has 0 saturated carbocycles. The normalized spacial score (nSPS) is 10.9. The second-order valence-electron chi connectivity index (χ2n) is 4.69. The molecular formula is C16H20N2O2. The van der Waals surface area contributed by atoms with Gasteiger partial charge in [-0.2, -0.15) is 0 Å². The van der Waals surface area contributed by atoms with E-state index < -0.39 is 0 Å². The Kier molecular flexibility index (Phi) is 5.07. The number of ether oxygens (including phenoxy) is 1. The molecule has 2 rings (SSSR count). The van der Waals surface area contributed by atoms with Crippen molar-refractivity contribution in [3.8, 4) is 0 Å². The second kappa shape index (κ2) is 7.01. The summed E-state index contributed by atoms with van der Waals surface area (Å²) in [6.07, 6.45) is 0.415.